The van der Waals surface area contributed by atoms with Gasteiger partial charge >= 0.3 is 0 Å². The van der Waals surface area contributed by atoms with E-state index in [9.17, 15) is 4.79 Å². The molecule has 0 spiro atoms. The maximum atomic E-state index is 12.1. The van der Waals surface area contributed by atoms with Crippen LogP contribution in [0.25, 0.3) is 10.8 Å². The van der Waals surface area contributed by atoms with Crippen molar-refractivity contribution in [3.8, 4) is 0 Å². The van der Waals surface area contributed by atoms with Crippen LogP contribution in [-0.2, 0) is 11.2 Å². The number of halogens is 2. The highest BCUT2D eigenvalue weighted by molar-refractivity contribution is 6.31. The van der Waals surface area contributed by atoms with E-state index in [1.54, 1.807) is 0 Å². The number of benzene rings is 2. The summed E-state index contributed by atoms with van der Waals surface area (Å²) < 4.78 is 0. The molecule has 2 aromatic rings. The number of hydrogen-bond donors (Lipinski definition) is 1. The summed E-state index contributed by atoms with van der Waals surface area (Å²) in [5, 5.41) is 6.36. The van der Waals surface area contributed by atoms with Crippen molar-refractivity contribution in [3.05, 3.63) is 47.0 Å². The molecule has 1 aliphatic carbocycles. The largest absolute Gasteiger partial charge is 0.353 e. The molecule has 1 aliphatic rings. The molecule has 1 amide bonds. The molecule has 1 fully saturated rings. The van der Waals surface area contributed by atoms with Crippen LogP contribution in [0.5, 0.6) is 0 Å². The van der Waals surface area contributed by atoms with Crippen molar-refractivity contribution in [1.82, 2.24) is 5.32 Å². The van der Waals surface area contributed by atoms with Gasteiger partial charge in [0, 0.05) is 17.5 Å². The molecule has 0 radical (unpaired) electrons. The Kier molecular flexibility index (Phi) is 7.39. The normalized spacial score (nSPS) is 15.0. The van der Waals surface area contributed by atoms with Crippen LogP contribution < -0.4 is 5.32 Å². The third-order valence-corrected chi connectivity index (χ3v) is 4.99. The van der Waals surface area contributed by atoms with Crippen LogP contribution in [0, 0.1) is 0 Å². The van der Waals surface area contributed by atoms with Crippen LogP contribution in [0.1, 0.15) is 50.5 Å². The predicted molar refractivity (Wildman–Crippen MR) is 104 cm³/mol. The van der Waals surface area contributed by atoms with Gasteiger partial charge in [0.2, 0.25) is 5.91 Å². The molecule has 0 bridgehead atoms. The van der Waals surface area contributed by atoms with Gasteiger partial charge in [0.05, 0.1) is 0 Å². The minimum absolute atomic E-state index is 0. The molecule has 0 unspecified atom stereocenters. The molecular formula is C20H25Cl2NO. The van der Waals surface area contributed by atoms with E-state index in [4.69, 9.17) is 11.6 Å². The van der Waals surface area contributed by atoms with E-state index in [0.29, 0.717) is 12.5 Å². The summed E-state index contributed by atoms with van der Waals surface area (Å²) in [6.45, 7) is 0. The molecule has 2 aromatic carbocycles. The number of amides is 1. The Hall–Kier alpha value is -1.25. The minimum Gasteiger partial charge on any atom is -0.353 e. The lowest BCUT2D eigenvalue weighted by atomic mass is 9.95. The highest BCUT2D eigenvalue weighted by Crippen LogP contribution is 2.24. The Morgan fingerprint density at radius 2 is 1.92 bits per heavy atom. The standard InChI is InChI=1S/C20H24ClNO.ClH/c21-17-13-12-16-7-4-6-15(19(16)14-17)8-5-11-20(23)22-18-9-2-1-3-10-18;/h4,6-7,12-14,18H,1-3,5,8-11H2,(H,22,23);1H. The third-order valence-electron chi connectivity index (χ3n) is 4.75. The summed E-state index contributed by atoms with van der Waals surface area (Å²) in [6, 6.07) is 12.7. The SMILES string of the molecule is Cl.O=C(CCCc1cccc2ccc(Cl)cc12)NC1CCCCC1. The van der Waals surface area contributed by atoms with Gasteiger partial charge in [0.1, 0.15) is 0 Å². The number of fused-ring (bicyclic) bond motifs is 1. The average Bonchev–Trinajstić information content (AvgIpc) is 2.56. The fourth-order valence-electron chi connectivity index (χ4n) is 3.51. The van der Waals surface area contributed by atoms with Crippen molar-refractivity contribution in [2.24, 2.45) is 0 Å². The van der Waals surface area contributed by atoms with Crippen molar-refractivity contribution in [3.63, 3.8) is 0 Å². The van der Waals surface area contributed by atoms with Gasteiger partial charge < -0.3 is 5.32 Å². The third kappa shape index (κ3) is 5.12. The van der Waals surface area contributed by atoms with Crippen molar-refractivity contribution in [2.75, 3.05) is 0 Å². The van der Waals surface area contributed by atoms with Gasteiger partial charge in [-0.25, -0.2) is 0 Å². The molecular weight excluding hydrogens is 341 g/mol. The zero-order chi connectivity index (χ0) is 16.1. The van der Waals surface area contributed by atoms with E-state index in [-0.39, 0.29) is 18.3 Å². The second-order valence-corrected chi connectivity index (χ2v) is 6.98. The molecule has 24 heavy (non-hydrogen) atoms. The van der Waals surface area contributed by atoms with Gasteiger partial charge in [-0.2, -0.15) is 0 Å². The Morgan fingerprint density at radius 1 is 1.12 bits per heavy atom. The zero-order valence-corrected chi connectivity index (χ0v) is 15.5. The average molecular weight is 366 g/mol. The molecule has 1 N–H and O–H groups in total. The lowest BCUT2D eigenvalue weighted by molar-refractivity contribution is -0.122. The Labute approximate surface area is 155 Å². The molecule has 130 valence electrons. The minimum atomic E-state index is 0. The summed E-state index contributed by atoms with van der Waals surface area (Å²) in [6.07, 6.45) is 8.51. The molecule has 0 atom stereocenters. The quantitative estimate of drug-likeness (QED) is 0.724. The fraction of sp³-hybridized carbons (Fsp3) is 0.450. The molecule has 0 saturated heterocycles. The first-order valence-electron chi connectivity index (χ1n) is 8.69. The maximum Gasteiger partial charge on any atom is 0.220 e. The molecule has 0 aromatic heterocycles. The topological polar surface area (TPSA) is 29.1 Å². The van der Waals surface area contributed by atoms with Gasteiger partial charge in [-0.3, -0.25) is 4.79 Å². The van der Waals surface area contributed by atoms with E-state index in [0.717, 1.165) is 30.7 Å². The molecule has 2 nitrogen and oxygen atoms in total. The lowest BCUT2D eigenvalue weighted by Crippen LogP contribution is -2.36. The Balaban J connectivity index is 0.00000208. The van der Waals surface area contributed by atoms with Gasteiger partial charge in [-0.15, -0.1) is 12.4 Å². The maximum absolute atomic E-state index is 12.1. The summed E-state index contributed by atoms with van der Waals surface area (Å²) in [4.78, 5) is 12.1. The van der Waals surface area contributed by atoms with Crippen molar-refractivity contribution >= 4 is 40.7 Å². The van der Waals surface area contributed by atoms with E-state index in [1.807, 2.05) is 12.1 Å². The first-order valence-corrected chi connectivity index (χ1v) is 9.07. The summed E-state index contributed by atoms with van der Waals surface area (Å²) >= 11 is 6.12. The smallest absolute Gasteiger partial charge is 0.220 e. The fourth-order valence-corrected chi connectivity index (χ4v) is 3.69. The van der Waals surface area contributed by atoms with Gasteiger partial charge in [0.25, 0.3) is 0 Å². The summed E-state index contributed by atoms with van der Waals surface area (Å²) in [7, 11) is 0. The van der Waals surface area contributed by atoms with E-state index in [1.165, 1.54) is 35.6 Å². The summed E-state index contributed by atoms with van der Waals surface area (Å²) in [5.74, 6) is 0.204. The lowest BCUT2D eigenvalue weighted by Gasteiger charge is -2.22. The van der Waals surface area contributed by atoms with Crippen LogP contribution in [0.2, 0.25) is 5.02 Å². The Morgan fingerprint density at radius 3 is 2.71 bits per heavy atom. The molecule has 3 rings (SSSR count). The zero-order valence-electron chi connectivity index (χ0n) is 13.9. The van der Waals surface area contributed by atoms with E-state index in [2.05, 4.69) is 29.6 Å². The Bertz CT molecular complexity index is 680. The van der Waals surface area contributed by atoms with Crippen LogP contribution in [0.3, 0.4) is 0 Å². The van der Waals surface area contributed by atoms with Crippen molar-refractivity contribution in [2.45, 2.75) is 57.4 Å². The molecule has 0 heterocycles. The van der Waals surface area contributed by atoms with Crippen molar-refractivity contribution in [1.29, 1.82) is 0 Å². The highest BCUT2D eigenvalue weighted by Gasteiger charge is 2.15. The van der Waals surface area contributed by atoms with Gasteiger partial charge in [-0.05, 0) is 54.2 Å². The number of aryl methyl sites for hydroxylation is 1. The van der Waals surface area contributed by atoms with Crippen molar-refractivity contribution < 1.29 is 4.79 Å². The monoisotopic (exact) mass is 365 g/mol. The van der Waals surface area contributed by atoms with E-state index < -0.39 is 0 Å². The number of hydrogen-bond acceptors (Lipinski definition) is 1. The number of rotatable bonds is 5. The summed E-state index contributed by atoms with van der Waals surface area (Å²) in [5.41, 5.74) is 1.27. The van der Waals surface area contributed by atoms with Crippen LogP contribution in [0.4, 0.5) is 0 Å². The van der Waals surface area contributed by atoms with Crippen LogP contribution >= 0.6 is 24.0 Å². The second kappa shape index (κ2) is 9.29. The molecule has 1 saturated carbocycles. The van der Waals surface area contributed by atoms with Gasteiger partial charge in [-0.1, -0.05) is 55.1 Å². The highest BCUT2D eigenvalue weighted by atomic mass is 35.5. The number of carbonyl (C=O) groups is 1. The molecule has 0 aliphatic heterocycles. The van der Waals surface area contributed by atoms with Gasteiger partial charge in [0.15, 0.2) is 0 Å². The number of carbonyl (C=O) groups excluding carboxylic acids is 1. The van der Waals surface area contributed by atoms with Crippen LogP contribution in [0.15, 0.2) is 36.4 Å². The predicted octanol–water partition coefficient (Wildman–Crippen LogP) is 5.69. The van der Waals surface area contributed by atoms with Crippen LogP contribution in [-0.4, -0.2) is 11.9 Å². The second-order valence-electron chi connectivity index (χ2n) is 6.54. The number of nitrogens with one attached hydrogen (secondary N) is 1. The molecule has 4 heteroatoms. The first-order chi connectivity index (χ1) is 11.2. The first kappa shape index (κ1) is 19.1. The van der Waals surface area contributed by atoms with E-state index >= 15 is 0 Å².